The third-order valence-corrected chi connectivity index (χ3v) is 5.43. The number of nitrogens with zero attached hydrogens (tertiary/aromatic N) is 1. The van der Waals surface area contributed by atoms with Crippen molar-refractivity contribution in [2.24, 2.45) is 11.8 Å². The SMILES string of the molecule is CO[C@H]1CCN(C(=O)C2CCOCC2)C[C@@H]1Cc1cccc(C)c1. The number of carbonyl (C=O) groups excluding carboxylic acids is 1. The Labute approximate surface area is 145 Å². The zero-order valence-corrected chi connectivity index (χ0v) is 14.9. The van der Waals surface area contributed by atoms with Gasteiger partial charge in [-0.3, -0.25) is 4.79 Å². The first-order chi connectivity index (χ1) is 11.7. The lowest BCUT2D eigenvalue weighted by Crippen LogP contribution is -2.49. The van der Waals surface area contributed by atoms with Crippen LogP contribution in [0, 0.1) is 18.8 Å². The summed E-state index contributed by atoms with van der Waals surface area (Å²) in [5.74, 6) is 0.842. The molecule has 2 heterocycles. The van der Waals surface area contributed by atoms with Gasteiger partial charge in [0.1, 0.15) is 0 Å². The van der Waals surface area contributed by atoms with Gasteiger partial charge in [0.15, 0.2) is 0 Å². The number of rotatable bonds is 4. The van der Waals surface area contributed by atoms with Crippen LogP contribution in [0.1, 0.15) is 30.4 Å². The molecule has 2 atom stereocenters. The molecule has 0 bridgehead atoms. The fourth-order valence-electron chi connectivity index (χ4n) is 4.06. The maximum absolute atomic E-state index is 12.8. The molecule has 24 heavy (non-hydrogen) atoms. The number of carbonyl (C=O) groups is 1. The average molecular weight is 331 g/mol. The summed E-state index contributed by atoms with van der Waals surface area (Å²) in [6.07, 6.45) is 3.88. The van der Waals surface area contributed by atoms with Crippen molar-refractivity contribution >= 4 is 5.91 Å². The number of aryl methyl sites for hydroxylation is 1. The van der Waals surface area contributed by atoms with E-state index in [1.54, 1.807) is 7.11 Å². The maximum Gasteiger partial charge on any atom is 0.225 e. The number of hydrogen-bond acceptors (Lipinski definition) is 3. The lowest BCUT2D eigenvalue weighted by molar-refractivity contribution is -0.142. The summed E-state index contributed by atoms with van der Waals surface area (Å²) in [5, 5.41) is 0. The monoisotopic (exact) mass is 331 g/mol. The molecular weight excluding hydrogens is 302 g/mol. The van der Waals surface area contributed by atoms with Crippen LogP contribution < -0.4 is 0 Å². The topological polar surface area (TPSA) is 38.8 Å². The van der Waals surface area contributed by atoms with Gasteiger partial charge in [-0.15, -0.1) is 0 Å². The molecule has 0 aliphatic carbocycles. The lowest BCUT2D eigenvalue weighted by atomic mass is 9.87. The van der Waals surface area contributed by atoms with Gasteiger partial charge in [-0.1, -0.05) is 29.8 Å². The van der Waals surface area contributed by atoms with Gasteiger partial charge >= 0.3 is 0 Å². The van der Waals surface area contributed by atoms with Crippen molar-refractivity contribution in [3.05, 3.63) is 35.4 Å². The zero-order valence-electron chi connectivity index (χ0n) is 14.9. The van der Waals surface area contributed by atoms with Crippen molar-refractivity contribution in [2.45, 2.75) is 38.7 Å². The predicted octanol–water partition coefficient (Wildman–Crippen LogP) is 2.83. The number of ether oxygens (including phenoxy) is 2. The fourth-order valence-corrected chi connectivity index (χ4v) is 4.06. The first kappa shape index (κ1) is 17.4. The van der Waals surface area contributed by atoms with E-state index in [9.17, 15) is 4.79 Å². The summed E-state index contributed by atoms with van der Waals surface area (Å²) < 4.78 is 11.1. The van der Waals surface area contributed by atoms with Crippen LogP contribution in [0.4, 0.5) is 0 Å². The van der Waals surface area contributed by atoms with E-state index in [0.717, 1.165) is 52.0 Å². The van der Waals surface area contributed by atoms with E-state index < -0.39 is 0 Å². The molecule has 2 fully saturated rings. The molecule has 0 radical (unpaired) electrons. The molecule has 0 N–H and O–H groups in total. The van der Waals surface area contributed by atoms with Crippen molar-refractivity contribution in [1.29, 1.82) is 0 Å². The molecular formula is C20H29NO3. The maximum atomic E-state index is 12.8. The molecule has 1 aromatic rings. The highest BCUT2D eigenvalue weighted by atomic mass is 16.5. The van der Waals surface area contributed by atoms with Crippen LogP contribution in [0.15, 0.2) is 24.3 Å². The molecule has 0 aromatic heterocycles. The molecule has 2 aliphatic heterocycles. The van der Waals surface area contributed by atoms with Crippen molar-refractivity contribution in [3.63, 3.8) is 0 Å². The van der Waals surface area contributed by atoms with Crippen LogP contribution >= 0.6 is 0 Å². The number of amides is 1. The van der Waals surface area contributed by atoms with E-state index in [2.05, 4.69) is 36.1 Å². The Balaban J connectivity index is 1.66. The highest BCUT2D eigenvalue weighted by Crippen LogP contribution is 2.27. The lowest BCUT2D eigenvalue weighted by Gasteiger charge is -2.40. The highest BCUT2D eigenvalue weighted by molar-refractivity contribution is 5.79. The Bertz CT molecular complexity index is 554. The van der Waals surface area contributed by atoms with Gasteiger partial charge in [0.05, 0.1) is 6.10 Å². The largest absolute Gasteiger partial charge is 0.381 e. The molecule has 1 aromatic carbocycles. The Kier molecular flexibility index (Phi) is 5.90. The number of methoxy groups -OCH3 is 1. The first-order valence-corrected chi connectivity index (χ1v) is 9.12. The third-order valence-electron chi connectivity index (χ3n) is 5.43. The first-order valence-electron chi connectivity index (χ1n) is 9.12. The second-order valence-corrected chi connectivity index (χ2v) is 7.19. The average Bonchev–Trinajstić information content (AvgIpc) is 2.62. The summed E-state index contributed by atoms with van der Waals surface area (Å²) in [6, 6.07) is 8.66. The minimum atomic E-state index is 0.150. The summed E-state index contributed by atoms with van der Waals surface area (Å²) >= 11 is 0. The Morgan fingerprint density at radius 2 is 2.08 bits per heavy atom. The fraction of sp³-hybridized carbons (Fsp3) is 0.650. The van der Waals surface area contributed by atoms with Crippen molar-refractivity contribution in [3.8, 4) is 0 Å². The Morgan fingerprint density at radius 3 is 2.79 bits per heavy atom. The molecule has 2 aliphatic rings. The smallest absolute Gasteiger partial charge is 0.225 e. The minimum absolute atomic E-state index is 0.150. The second-order valence-electron chi connectivity index (χ2n) is 7.19. The third kappa shape index (κ3) is 4.17. The van der Waals surface area contributed by atoms with Crippen molar-refractivity contribution < 1.29 is 14.3 Å². The molecule has 0 spiro atoms. The Hall–Kier alpha value is -1.39. The van der Waals surface area contributed by atoms with Crippen LogP contribution in [-0.2, 0) is 20.7 Å². The van der Waals surface area contributed by atoms with Crippen LogP contribution in [0.5, 0.6) is 0 Å². The van der Waals surface area contributed by atoms with Crippen molar-refractivity contribution in [2.75, 3.05) is 33.4 Å². The molecule has 4 nitrogen and oxygen atoms in total. The number of piperidine rings is 1. The van der Waals surface area contributed by atoms with Crippen LogP contribution in [0.2, 0.25) is 0 Å². The predicted molar refractivity (Wildman–Crippen MR) is 93.9 cm³/mol. The van der Waals surface area contributed by atoms with E-state index in [1.165, 1.54) is 11.1 Å². The quantitative estimate of drug-likeness (QED) is 0.851. The molecule has 4 heteroatoms. The summed E-state index contributed by atoms with van der Waals surface area (Å²) in [5.41, 5.74) is 2.62. The summed E-state index contributed by atoms with van der Waals surface area (Å²) in [7, 11) is 1.80. The number of likely N-dealkylation sites (tertiary alicyclic amines) is 1. The van der Waals surface area contributed by atoms with Crippen LogP contribution in [0.3, 0.4) is 0 Å². The normalized spacial score (nSPS) is 25.7. The molecule has 0 unspecified atom stereocenters. The van der Waals surface area contributed by atoms with Gasteiger partial charge in [0.25, 0.3) is 0 Å². The highest BCUT2D eigenvalue weighted by Gasteiger charge is 2.34. The second kappa shape index (κ2) is 8.13. The van der Waals surface area contributed by atoms with Gasteiger partial charge < -0.3 is 14.4 Å². The van der Waals surface area contributed by atoms with Gasteiger partial charge in [-0.05, 0) is 38.2 Å². The number of benzene rings is 1. The number of hydrogen-bond donors (Lipinski definition) is 0. The Morgan fingerprint density at radius 1 is 1.29 bits per heavy atom. The van der Waals surface area contributed by atoms with Gasteiger partial charge in [0.2, 0.25) is 5.91 Å². The van der Waals surface area contributed by atoms with Crippen LogP contribution in [-0.4, -0.2) is 50.3 Å². The standard InChI is InChI=1S/C20H29NO3/c1-15-4-3-5-16(12-15)13-18-14-21(9-6-19(18)23-2)20(22)17-7-10-24-11-8-17/h3-5,12,17-19H,6-11,13-14H2,1-2H3/t18-,19-/m0/s1. The van der Waals surface area contributed by atoms with E-state index in [4.69, 9.17) is 9.47 Å². The van der Waals surface area contributed by atoms with Gasteiger partial charge in [-0.25, -0.2) is 0 Å². The minimum Gasteiger partial charge on any atom is -0.381 e. The molecule has 3 rings (SSSR count). The summed E-state index contributed by atoms with van der Waals surface area (Å²) in [6.45, 7) is 5.19. The van der Waals surface area contributed by atoms with E-state index in [-0.39, 0.29) is 12.0 Å². The van der Waals surface area contributed by atoms with Crippen molar-refractivity contribution in [1.82, 2.24) is 4.90 Å². The molecule has 1 amide bonds. The van der Waals surface area contributed by atoms with Gasteiger partial charge in [-0.2, -0.15) is 0 Å². The zero-order chi connectivity index (χ0) is 16.9. The molecule has 132 valence electrons. The van der Waals surface area contributed by atoms with E-state index >= 15 is 0 Å². The molecule has 0 saturated carbocycles. The molecule has 2 saturated heterocycles. The van der Waals surface area contributed by atoms with Crippen LogP contribution in [0.25, 0.3) is 0 Å². The van der Waals surface area contributed by atoms with E-state index in [0.29, 0.717) is 11.8 Å². The van der Waals surface area contributed by atoms with Gasteiger partial charge in [0, 0.05) is 45.2 Å². The van der Waals surface area contributed by atoms with E-state index in [1.807, 2.05) is 0 Å². The summed E-state index contributed by atoms with van der Waals surface area (Å²) in [4.78, 5) is 14.9.